The Balaban J connectivity index is 1.74. The largest absolute Gasteiger partial charge is 0.454 e. The van der Waals surface area contributed by atoms with Crippen molar-refractivity contribution in [3.63, 3.8) is 0 Å². The van der Waals surface area contributed by atoms with E-state index in [0.717, 1.165) is 31.1 Å². The third-order valence-electron chi connectivity index (χ3n) is 4.31. The molecule has 1 saturated heterocycles. The zero-order valence-corrected chi connectivity index (χ0v) is 11.5. The zero-order valence-electron chi connectivity index (χ0n) is 11.5. The molecule has 0 saturated carbocycles. The molecule has 19 heavy (non-hydrogen) atoms. The summed E-state index contributed by atoms with van der Waals surface area (Å²) in [5, 5.41) is 0. The van der Waals surface area contributed by atoms with Gasteiger partial charge in [-0.2, -0.15) is 0 Å². The molecule has 0 aliphatic carbocycles. The van der Waals surface area contributed by atoms with Crippen molar-refractivity contribution < 1.29 is 9.47 Å². The van der Waals surface area contributed by atoms with E-state index in [-0.39, 0.29) is 0 Å². The lowest BCUT2D eigenvalue weighted by molar-refractivity contribution is 0.134. The van der Waals surface area contributed by atoms with Crippen molar-refractivity contribution >= 4 is 0 Å². The van der Waals surface area contributed by atoms with Crippen molar-refractivity contribution in [2.75, 3.05) is 26.4 Å². The van der Waals surface area contributed by atoms with Crippen molar-refractivity contribution in [3.05, 3.63) is 23.8 Å². The molecule has 104 valence electrons. The first-order chi connectivity index (χ1) is 9.28. The summed E-state index contributed by atoms with van der Waals surface area (Å²) in [6, 6.07) is 6.67. The standard InChI is InChI=1S/C15H22N2O2/c1-11(17-6-2-3-12(8-16)9-17)13-4-5-14-15(7-13)19-10-18-14/h4-5,7,11-12H,2-3,6,8-10,16H2,1H3. The van der Waals surface area contributed by atoms with Crippen LogP contribution in [0.5, 0.6) is 11.5 Å². The van der Waals surface area contributed by atoms with E-state index in [0.29, 0.717) is 18.8 Å². The van der Waals surface area contributed by atoms with Crippen LogP contribution in [0.3, 0.4) is 0 Å². The molecule has 2 atom stereocenters. The molecule has 2 heterocycles. The lowest BCUT2D eigenvalue weighted by atomic mass is 9.95. The van der Waals surface area contributed by atoms with Crippen molar-refractivity contribution in [1.82, 2.24) is 4.90 Å². The van der Waals surface area contributed by atoms with E-state index < -0.39 is 0 Å². The summed E-state index contributed by atoms with van der Waals surface area (Å²) in [7, 11) is 0. The molecule has 3 rings (SSSR count). The number of benzene rings is 1. The molecule has 0 aromatic heterocycles. The van der Waals surface area contributed by atoms with Crippen LogP contribution >= 0.6 is 0 Å². The molecule has 1 aromatic rings. The molecule has 0 radical (unpaired) electrons. The molecule has 1 aromatic carbocycles. The third kappa shape index (κ3) is 2.55. The molecule has 4 nitrogen and oxygen atoms in total. The fourth-order valence-electron chi connectivity index (χ4n) is 3.03. The van der Waals surface area contributed by atoms with E-state index in [4.69, 9.17) is 15.2 Å². The Labute approximate surface area is 114 Å². The van der Waals surface area contributed by atoms with Crippen molar-refractivity contribution in [3.8, 4) is 11.5 Å². The van der Waals surface area contributed by atoms with E-state index in [1.807, 2.05) is 6.07 Å². The molecule has 2 N–H and O–H groups in total. The van der Waals surface area contributed by atoms with Crippen molar-refractivity contribution in [2.24, 2.45) is 11.7 Å². The van der Waals surface area contributed by atoms with Gasteiger partial charge >= 0.3 is 0 Å². The van der Waals surface area contributed by atoms with Crippen LogP contribution < -0.4 is 15.2 Å². The maximum atomic E-state index is 5.81. The molecule has 0 bridgehead atoms. The number of hydrogen-bond donors (Lipinski definition) is 1. The molecule has 2 aliphatic rings. The number of rotatable bonds is 3. The van der Waals surface area contributed by atoms with Gasteiger partial charge in [0.05, 0.1) is 0 Å². The Hall–Kier alpha value is -1.26. The number of hydrogen-bond acceptors (Lipinski definition) is 4. The molecule has 4 heteroatoms. The second kappa shape index (κ2) is 5.39. The summed E-state index contributed by atoms with van der Waals surface area (Å²) in [5.41, 5.74) is 7.11. The Morgan fingerprint density at radius 2 is 2.21 bits per heavy atom. The van der Waals surface area contributed by atoms with Gasteiger partial charge in [0.2, 0.25) is 6.79 Å². The van der Waals surface area contributed by atoms with Gasteiger partial charge in [0.25, 0.3) is 0 Å². The topological polar surface area (TPSA) is 47.7 Å². The predicted molar refractivity (Wildman–Crippen MR) is 74.3 cm³/mol. The summed E-state index contributed by atoms with van der Waals surface area (Å²) in [4.78, 5) is 2.53. The molecule has 2 aliphatic heterocycles. The Morgan fingerprint density at radius 3 is 3.05 bits per heavy atom. The maximum absolute atomic E-state index is 5.81. The van der Waals surface area contributed by atoms with Gasteiger partial charge in [-0.15, -0.1) is 0 Å². The molecule has 0 amide bonds. The third-order valence-corrected chi connectivity index (χ3v) is 4.31. The quantitative estimate of drug-likeness (QED) is 0.906. The smallest absolute Gasteiger partial charge is 0.231 e. The first-order valence-corrected chi connectivity index (χ1v) is 7.11. The number of nitrogens with two attached hydrogens (primary N) is 1. The number of nitrogens with zero attached hydrogens (tertiary/aromatic N) is 1. The highest BCUT2D eigenvalue weighted by molar-refractivity contribution is 5.45. The van der Waals surface area contributed by atoms with Crippen LogP contribution in [0.1, 0.15) is 31.4 Å². The number of piperidine rings is 1. The lowest BCUT2D eigenvalue weighted by Crippen LogP contribution is -2.39. The fraction of sp³-hybridized carbons (Fsp3) is 0.600. The van der Waals surface area contributed by atoms with Crippen molar-refractivity contribution in [2.45, 2.75) is 25.8 Å². The Bertz CT molecular complexity index is 450. The van der Waals surface area contributed by atoms with E-state index in [2.05, 4.69) is 24.0 Å². The predicted octanol–water partition coefficient (Wildman–Crippen LogP) is 2.15. The van der Waals surface area contributed by atoms with Gasteiger partial charge in [-0.25, -0.2) is 0 Å². The summed E-state index contributed by atoms with van der Waals surface area (Å²) in [6.07, 6.45) is 2.51. The molecule has 2 unspecified atom stereocenters. The number of likely N-dealkylation sites (tertiary alicyclic amines) is 1. The summed E-state index contributed by atoms with van der Waals surface area (Å²) < 4.78 is 10.8. The average molecular weight is 262 g/mol. The highest BCUT2D eigenvalue weighted by atomic mass is 16.7. The summed E-state index contributed by atoms with van der Waals surface area (Å²) in [6.45, 7) is 5.66. The molecule has 1 fully saturated rings. The molecule has 0 spiro atoms. The second-order valence-electron chi connectivity index (χ2n) is 5.53. The van der Waals surface area contributed by atoms with Gasteiger partial charge in [-0.05, 0) is 56.5 Å². The van der Waals surface area contributed by atoms with Gasteiger partial charge in [0.1, 0.15) is 0 Å². The summed E-state index contributed by atoms with van der Waals surface area (Å²) >= 11 is 0. The normalized spacial score (nSPS) is 24.4. The van der Waals surface area contributed by atoms with Crippen LogP contribution in [0, 0.1) is 5.92 Å². The molecular weight excluding hydrogens is 240 g/mol. The highest BCUT2D eigenvalue weighted by Crippen LogP contribution is 2.36. The Kier molecular flexibility index (Phi) is 3.62. The van der Waals surface area contributed by atoms with Crippen LogP contribution in [0.4, 0.5) is 0 Å². The van der Waals surface area contributed by atoms with E-state index in [9.17, 15) is 0 Å². The second-order valence-corrected chi connectivity index (χ2v) is 5.53. The minimum atomic E-state index is 0.339. The summed E-state index contributed by atoms with van der Waals surface area (Å²) in [5.74, 6) is 2.37. The van der Waals surface area contributed by atoms with Crippen LogP contribution in [0.15, 0.2) is 18.2 Å². The van der Waals surface area contributed by atoms with Crippen LogP contribution in [0.25, 0.3) is 0 Å². The van der Waals surface area contributed by atoms with Gasteiger partial charge < -0.3 is 15.2 Å². The van der Waals surface area contributed by atoms with Crippen LogP contribution in [0.2, 0.25) is 0 Å². The SMILES string of the molecule is CC(c1ccc2c(c1)OCO2)N1CCCC(CN)C1. The highest BCUT2D eigenvalue weighted by Gasteiger charge is 2.24. The van der Waals surface area contributed by atoms with Crippen LogP contribution in [-0.4, -0.2) is 31.3 Å². The zero-order chi connectivity index (χ0) is 13.2. The first kappa shape index (κ1) is 12.8. The molecular formula is C15H22N2O2. The number of ether oxygens (including phenoxy) is 2. The van der Waals surface area contributed by atoms with Gasteiger partial charge in [-0.1, -0.05) is 6.07 Å². The van der Waals surface area contributed by atoms with Gasteiger partial charge in [-0.3, -0.25) is 4.90 Å². The average Bonchev–Trinajstić information content (AvgIpc) is 2.94. The monoisotopic (exact) mass is 262 g/mol. The van der Waals surface area contributed by atoms with Crippen LogP contribution in [-0.2, 0) is 0 Å². The Morgan fingerprint density at radius 1 is 1.37 bits per heavy atom. The lowest BCUT2D eigenvalue weighted by Gasteiger charge is -2.36. The fourth-order valence-corrected chi connectivity index (χ4v) is 3.03. The van der Waals surface area contributed by atoms with E-state index >= 15 is 0 Å². The van der Waals surface area contributed by atoms with Gasteiger partial charge in [0, 0.05) is 12.6 Å². The number of fused-ring (bicyclic) bond motifs is 1. The van der Waals surface area contributed by atoms with E-state index in [1.165, 1.54) is 18.4 Å². The van der Waals surface area contributed by atoms with Crippen molar-refractivity contribution in [1.29, 1.82) is 0 Å². The minimum Gasteiger partial charge on any atom is -0.454 e. The van der Waals surface area contributed by atoms with Gasteiger partial charge in [0.15, 0.2) is 11.5 Å². The van der Waals surface area contributed by atoms with E-state index in [1.54, 1.807) is 0 Å². The maximum Gasteiger partial charge on any atom is 0.231 e. The first-order valence-electron chi connectivity index (χ1n) is 7.11. The minimum absolute atomic E-state index is 0.339.